The SMILES string of the molecule is Cl.O=[N+]([O-])c1ccc2sc(S(=O)(=O)[C@@H]3CCNC3)nc2c1. The Morgan fingerprint density at radius 2 is 2.19 bits per heavy atom. The average molecular weight is 350 g/mol. The van der Waals surface area contributed by atoms with E-state index >= 15 is 0 Å². The molecule has 1 atom stereocenters. The van der Waals surface area contributed by atoms with Gasteiger partial charge in [-0.1, -0.05) is 0 Å². The van der Waals surface area contributed by atoms with Crippen molar-refractivity contribution in [3.63, 3.8) is 0 Å². The molecule has 0 unspecified atom stereocenters. The van der Waals surface area contributed by atoms with Crippen LogP contribution in [0.5, 0.6) is 0 Å². The summed E-state index contributed by atoms with van der Waals surface area (Å²) in [4.78, 5) is 14.3. The molecule has 0 bridgehead atoms. The number of rotatable bonds is 3. The van der Waals surface area contributed by atoms with Gasteiger partial charge >= 0.3 is 0 Å². The molecule has 1 aromatic carbocycles. The fourth-order valence-corrected chi connectivity index (χ4v) is 5.26. The van der Waals surface area contributed by atoms with E-state index in [0.717, 1.165) is 11.3 Å². The summed E-state index contributed by atoms with van der Waals surface area (Å²) >= 11 is 1.06. The average Bonchev–Trinajstić information content (AvgIpc) is 3.07. The number of nitrogens with one attached hydrogen (secondary N) is 1. The van der Waals surface area contributed by atoms with Gasteiger partial charge in [-0.05, 0) is 19.0 Å². The number of halogens is 1. The number of sulfone groups is 1. The van der Waals surface area contributed by atoms with Gasteiger partial charge in [-0.25, -0.2) is 13.4 Å². The first kappa shape index (κ1) is 16.1. The van der Waals surface area contributed by atoms with Gasteiger partial charge in [0.05, 0.1) is 20.4 Å². The number of hydrogen-bond acceptors (Lipinski definition) is 7. The van der Waals surface area contributed by atoms with Crippen molar-refractivity contribution in [2.24, 2.45) is 0 Å². The standard InChI is InChI=1S/C11H11N3O4S2.ClH/c15-14(16)7-1-2-10-9(5-7)13-11(19-10)20(17,18)8-3-4-12-6-8;/h1-2,5,8,12H,3-4,6H2;1H/t8-;/m1./s1. The first-order valence-electron chi connectivity index (χ1n) is 5.98. The van der Waals surface area contributed by atoms with Crippen molar-refractivity contribution in [1.82, 2.24) is 10.3 Å². The zero-order valence-electron chi connectivity index (χ0n) is 10.7. The number of aromatic nitrogens is 1. The van der Waals surface area contributed by atoms with Crippen LogP contribution in [0.15, 0.2) is 22.5 Å². The smallest absolute Gasteiger partial charge is 0.271 e. The Hall–Kier alpha value is -1.29. The molecule has 2 aromatic rings. The van der Waals surface area contributed by atoms with Crippen molar-refractivity contribution in [1.29, 1.82) is 0 Å². The van der Waals surface area contributed by atoms with Crippen molar-refractivity contribution >= 4 is 49.5 Å². The second kappa shape index (κ2) is 5.84. The van der Waals surface area contributed by atoms with Gasteiger partial charge in [0, 0.05) is 18.7 Å². The highest BCUT2D eigenvalue weighted by Gasteiger charge is 2.33. The lowest BCUT2D eigenvalue weighted by Gasteiger charge is -2.06. The Labute approximate surface area is 130 Å². The summed E-state index contributed by atoms with van der Waals surface area (Å²) < 4.78 is 25.5. The quantitative estimate of drug-likeness (QED) is 0.669. The molecule has 0 radical (unpaired) electrons. The molecule has 10 heteroatoms. The van der Waals surface area contributed by atoms with Crippen LogP contribution < -0.4 is 5.32 Å². The third-order valence-corrected chi connectivity index (χ3v) is 6.90. The summed E-state index contributed by atoms with van der Waals surface area (Å²) in [5, 5.41) is 13.3. The molecular weight excluding hydrogens is 338 g/mol. The highest BCUT2D eigenvalue weighted by Crippen LogP contribution is 2.31. The van der Waals surface area contributed by atoms with Crippen LogP contribution in [0, 0.1) is 10.1 Å². The van der Waals surface area contributed by atoms with Crippen molar-refractivity contribution < 1.29 is 13.3 Å². The van der Waals surface area contributed by atoms with Crippen LogP contribution in [0.1, 0.15) is 6.42 Å². The summed E-state index contributed by atoms with van der Waals surface area (Å²) in [7, 11) is -3.46. The van der Waals surface area contributed by atoms with Gasteiger partial charge in [0.25, 0.3) is 5.69 Å². The highest BCUT2D eigenvalue weighted by molar-refractivity contribution is 7.94. The zero-order valence-corrected chi connectivity index (χ0v) is 13.1. The Bertz CT molecular complexity index is 784. The van der Waals surface area contributed by atoms with Crippen LogP contribution in [0.25, 0.3) is 10.2 Å². The van der Waals surface area contributed by atoms with Crippen LogP contribution in [-0.2, 0) is 9.84 Å². The van der Waals surface area contributed by atoms with Crippen molar-refractivity contribution in [3.8, 4) is 0 Å². The van der Waals surface area contributed by atoms with E-state index in [9.17, 15) is 18.5 Å². The van der Waals surface area contributed by atoms with Gasteiger partial charge in [0.2, 0.25) is 14.2 Å². The van der Waals surface area contributed by atoms with Gasteiger partial charge in [-0.3, -0.25) is 10.1 Å². The van der Waals surface area contributed by atoms with Crippen LogP contribution in [0.4, 0.5) is 5.69 Å². The Kier molecular flexibility index (Phi) is 4.47. The summed E-state index contributed by atoms with van der Waals surface area (Å²) in [5.74, 6) is 0. The van der Waals surface area contributed by atoms with Gasteiger partial charge in [0.1, 0.15) is 0 Å². The molecule has 1 saturated heterocycles. The summed E-state index contributed by atoms with van der Waals surface area (Å²) in [6, 6.07) is 4.20. The molecule has 1 N–H and O–H groups in total. The zero-order chi connectivity index (χ0) is 14.3. The van der Waals surface area contributed by atoms with Crippen LogP contribution in [-0.4, -0.2) is 36.7 Å². The summed E-state index contributed by atoms with van der Waals surface area (Å²) in [6.45, 7) is 1.11. The van der Waals surface area contributed by atoms with Crippen molar-refractivity contribution in [3.05, 3.63) is 28.3 Å². The normalized spacial score (nSPS) is 18.6. The minimum absolute atomic E-state index is 0. The maximum absolute atomic E-state index is 12.4. The monoisotopic (exact) mass is 349 g/mol. The first-order chi connectivity index (χ1) is 9.48. The maximum atomic E-state index is 12.4. The van der Waals surface area contributed by atoms with Crippen LogP contribution in [0.3, 0.4) is 0 Å². The Balaban J connectivity index is 0.00000161. The fourth-order valence-electron chi connectivity index (χ4n) is 2.17. The van der Waals surface area contributed by atoms with E-state index < -0.39 is 20.0 Å². The summed E-state index contributed by atoms with van der Waals surface area (Å²) in [5.41, 5.74) is 0.267. The van der Waals surface area contributed by atoms with E-state index in [1.54, 1.807) is 0 Å². The lowest BCUT2D eigenvalue weighted by atomic mass is 10.3. The predicted octanol–water partition coefficient (Wildman–Crippen LogP) is 1.76. The first-order valence-corrected chi connectivity index (χ1v) is 8.34. The summed E-state index contributed by atoms with van der Waals surface area (Å²) in [6.07, 6.45) is 0.568. The number of non-ortho nitro benzene ring substituents is 1. The lowest BCUT2D eigenvalue weighted by molar-refractivity contribution is -0.384. The number of hydrogen-bond donors (Lipinski definition) is 1. The Morgan fingerprint density at radius 3 is 2.81 bits per heavy atom. The van der Waals surface area contributed by atoms with Crippen molar-refractivity contribution in [2.45, 2.75) is 16.0 Å². The maximum Gasteiger partial charge on any atom is 0.271 e. The highest BCUT2D eigenvalue weighted by atomic mass is 35.5. The molecule has 2 heterocycles. The number of nitro groups is 1. The molecule has 0 saturated carbocycles. The van der Waals surface area contributed by atoms with Gasteiger partial charge in [0.15, 0.2) is 0 Å². The molecule has 114 valence electrons. The second-order valence-corrected chi connectivity index (χ2v) is 7.98. The molecule has 7 nitrogen and oxygen atoms in total. The fraction of sp³-hybridized carbons (Fsp3) is 0.364. The van der Waals surface area contributed by atoms with Crippen LogP contribution in [0.2, 0.25) is 0 Å². The van der Waals surface area contributed by atoms with E-state index in [-0.39, 0.29) is 22.4 Å². The van der Waals surface area contributed by atoms with Gasteiger partial charge < -0.3 is 5.32 Å². The van der Waals surface area contributed by atoms with E-state index in [1.165, 1.54) is 18.2 Å². The number of benzene rings is 1. The third-order valence-electron chi connectivity index (χ3n) is 3.26. The van der Waals surface area contributed by atoms with E-state index in [4.69, 9.17) is 0 Å². The largest absolute Gasteiger partial charge is 0.315 e. The van der Waals surface area contributed by atoms with Gasteiger partial charge in [-0.2, -0.15) is 0 Å². The van der Waals surface area contributed by atoms with Gasteiger partial charge in [-0.15, -0.1) is 23.7 Å². The third kappa shape index (κ3) is 2.86. The molecule has 1 aliphatic rings. The van der Waals surface area contributed by atoms with E-state index in [1.807, 2.05) is 0 Å². The van der Waals surface area contributed by atoms with Crippen molar-refractivity contribution in [2.75, 3.05) is 13.1 Å². The topological polar surface area (TPSA) is 102 Å². The number of nitro benzene ring substituents is 1. The second-order valence-electron chi connectivity index (χ2n) is 4.55. The molecule has 0 spiro atoms. The Morgan fingerprint density at radius 1 is 1.43 bits per heavy atom. The molecule has 1 fully saturated rings. The minimum Gasteiger partial charge on any atom is -0.315 e. The predicted molar refractivity (Wildman–Crippen MR) is 82.0 cm³/mol. The van der Waals surface area contributed by atoms with E-state index in [0.29, 0.717) is 29.7 Å². The number of nitrogens with zero attached hydrogens (tertiary/aromatic N) is 2. The molecule has 1 aliphatic heterocycles. The molecule has 0 amide bonds. The molecular formula is C11H12ClN3O4S2. The molecule has 0 aliphatic carbocycles. The van der Waals surface area contributed by atoms with Crippen LogP contribution >= 0.6 is 23.7 Å². The minimum atomic E-state index is -3.46. The molecule has 3 rings (SSSR count). The lowest BCUT2D eigenvalue weighted by Crippen LogP contribution is -2.23. The number of fused-ring (bicyclic) bond motifs is 1. The molecule has 1 aromatic heterocycles. The number of thiazole rings is 1. The van der Waals surface area contributed by atoms with E-state index in [2.05, 4.69) is 10.3 Å². The molecule has 21 heavy (non-hydrogen) atoms.